The molecule has 4 aromatic carbocycles. The molecule has 0 atom stereocenters. The molecule has 0 aliphatic heterocycles. The average Bonchev–Trinajstić information content (AvgIpc) is 2.96. The van der Waals surface area contributed by atoms with E-state index in [0.717, 1.165) is 15.6 Å². The van der Waals surface area contributed by atoms with Crippen LogP contribution < -0.4 is 19.5 Å². The van der Waals surface area contributed by atoms with E-state index in [1.54, 1.807) is 36.4 Å². The SMILES string of the molecule is CCOc1cc(COc2ccc(Br)cc2/C=C(/C#N)C(=O)Nc2ccc(Cl)cc2)ccc1OCc1ccccc1. The molecule has 0 saturated carbocycles. The van der Waals surface area contributed by atoms with Crippen LogP contribution in [0.5, 0.6) is 17.2 Å². The number of hydrogen-bond acceptors (Lipinski definition) is 5. The molecule has 40 heavy (non-hydrogen) atoms. The van der Waals surface area contributed by atoms with Crippen molar-refractivity contribution >= 4 is 45.2 Å². The first-order chi connectivity index (χ1) is 19.4. The highest BCUT2D eigenvalue weighted by atomic mass is 79.9. The van der Waals surface area contributed by atoms with E-state index in [0.29, 0.717) is 46.7 Å². The molecule has 0 bridgehead atoms. The first-order valence-corrected chi connectivity index (χ1v) is 13.7. The molecule has 0 aliphatic carbocycles. The molecule has 0 aromatic heterocycles. The van der Waals surface area contributed by atoms with Crippen LogP contribution in [0.2, 0.25) is 5.02 Å². The Morgan fingerprint density at radius 3 is 2.30 bits per heavy atom. The fraction of sp³-hybridized carbons (Fsp3) is 0.125. The maximum atomic E-state index is 12.8. The van der Waals surface area contributed by atoms with E-state index in [9.17, 15) is 10.1 Å². The molecule has 0 saturated heterocycles. The molecule has 1 amide bonds. The predicted octanol–water partition coefficient (Wildman–Crippen LogP) is 8.20. The van der Waals surface area contributed by atoms with Crippen LogP contribution in [0.3, 0.4) is 0 Å². The Kier molecular flexibility index (Phi) is 10.2. The molecule has 0 fully saturated rings. The number of nitriles is 1. The van der Waals surface area contributed by atoms with Crippen molar-refractivity contribution in [1.82, 2.24) is 0 Å². The number of benzene rings is 4. The van der Waals surface area contributed by atoms with Crippen LogP contribution in [0, 0.1) is 11.3 Å². The second kappa shape index (κ2) is 14.2. The Labute approximate surface area is 246 Å². The Morgan fingerprint density at radius 2 is 1.57 bits per heavy atom. The summed E-state index contributed by atoms with van der Waals surface area (Å²) < 4.78 is 18.7. The van der Waals surface area contributed by atoms with Crippen molar-refractivity contribution in [1.29, 1.82) is 5.26 Å². The highest BCUT2D eigenvalue weighted by molar-refractivity contribution is 9.10. The molecule has 4 rings (SSSR count). The van der Waals surface area contributed by atoms with Gasteiger partial charge in [-0.3, -0.25) is 4.79 Å². The lowest BCUT2D eigenvalue weighted by Gasteiger charge is -2.15. The van der Waals surface area contributed by atoms with Gasteiger partial charge in [0.05, 0.1) is 6.61 Å². The van der Waals surface area contributed by atoms with E-state index in [1.165, 1.54) is 6.08 Å². The Bertz CT molecular complexity index is 1530. The maximum absolute atomic E-state index is 12.8. The zero-order valence-corrected chi connectivity index (χ0v) is 24.0. The Hall–Kier alpha value is -4.25. The summed E-state index contributed by atoms with van der Waals surface area (Å²) >= 11 is 9.37. The standard InChI is InChI=1S/C32H26BrClN2O4/c1-2-38-31-16-23(8-14-30(31)40-20-22-6-4-3-5-7-22)21-39-29-15-9-26(33)18-24(29)17-25(19-35)32(37)36-28-12-10-27(34)11-13-28/h3-18H,2,20-21H2,1H3,(H,36,37)/b25-17-. The van der Waals surface area contributed by atoms with Gasteiger partial charge >= 0.3 is 0 Å². The number of anilines is 1. The van der Waals surface area contributed by atoms with Gasteiger partial charge in [0.1, 0.15) is 30.6 Å². The number of nitrogens with zero attached hydrogens (tertiary/aromatic N) is 1. The average molecular weight is 618 g/mol. The number of hydrogen-bond donors (Lipinski definition) is 1. The van der Waals surface area contributed by atoms with Gasteiger partial charge in [0.25, 0.3) is 5.91 Å². The maximum Gasteiger partial charge on any atom is 0.266 e. The van der Waals surface area contributed by atoms with E-state index in [-0.39, 0.29) is 12.2 Å². The van der Waals surface area contributed by atoms with Gasteiger partial charge in [0, 0.05) is 20.7 Å². The van der Waals surface area contributed by atoms with E-state index >= 15 is 0 Å². The molecule has 1 N–H and O–H groups in total. The number of rotatable bonds is 11. The Morgan fingerprint density at radius 1 is 0.875 bits per heavy atom. The monoisotopic (exact) mass is 616 g/mol. The van der Waals surface area contributed by atoms with Crippen LogP contribution in [0.4, 0.5) is 5.69 Å². The minimum atomic E-state index is -0.539. The third kappa shape index (κ3) is 8.12. The molecule has 0 radical (unpaired) electrons. The van der Waals surface area contributed by atoms with Gasteiger partial charge in [-0.05, 0) is 78.7 Å². The normalized spacial score (nSPS) is 10.9. The smallest absolute Gasteiger partial charge is 0.266 e. The third-order valence-electron chi connectivity index (χ3n) is 5.68. The van der Waals surface area contributed by atoms with Crippen molar-refractivity contribution in [3.05, 3.63) is 123 Å². The summed E-state index contributed by atoms with van der Waals surface area (Å²) in [5.74, 6) is 1.24. The number of amides is 1. The lowest BCUT2D eigenvalue weighted by Crippen LogP contribution is -2.13. The molecule has 0 spiro atoms. The number of carbonyl (C=O) groups is 1. The summed E-state index contributed by atoms with van der Waals surface area (Å²) in [4.78, 5) is 12.8. The number of halogens is 2. The van der Waals surface area contributed by atoms with Crippen LogP contribution in [-0.4, -0.2) is 12.5 Å². The zero-order chi connectivity index (χ0) is 28.3. The lowest BCUT2D eigenvalue weighted by molar-refractivity contribution is -0.112. The molecular formula is C32H26BrClN2O4. The zero-order valence-electron chi connectivity index (χ0n) is 21.7. The fourth-order valence-corrected chi connectivity index (χ4v) is 4.23. The lowest BCUT2D eigenvalue weighted by atomic mass is 10.1. The van der Waals surface area contributed by atoms with Crippen LogP contribution in [0.1, 0.15) is 23.6 Å². The highest BCUT2D eigenvalue weighted by Gasteiger charge is 2.13. The summed E-state index contributed by atoms with van der Waals surface area (Å²) in [5, 5.41) is 13.0. The fourth-order valence-electron chi connectivity index (χ4n) is 3.73. The molecule has 0 aliphatic rings. The molecule has 202 valence electrons. The van der Waals surface area contributed by atoms with Gasteiger partial charge in [0.2, 0.25) is 0 Å². The molecular weight excluding hydrogens is 592 g/mol. The van der Waals surface area contributed by atoms with Crippen molar-refractivity contribution in [3.8, 4) is 23.3 Å². The van der Waals surface area contributed by atoms with Gasteiger partial charge in [-0.2, -0.15) is 5.26 Å². The molecule has 8 heteroatoms. The second-order valence-corrected chi connectivity index (χ2v) is 9.94. The topological polar surface area (TPSA) is 80.6 Å². The highest BCUT2D eigenvalue weighted by Crippen LogP contribution is 2.31. The van der Waals surface area contributed by atoms with E-state index in [1.807, 2.05) is 67.6 Å². The van der Waals surface area contributed by atoms with Gasteiger partial charge in [-0.25, -0.2) is 0 Å². The second-order valence-electron chi connectivity index (χ2n) is 8.59. The van der Waals surface area contributed by atoms with Crippen molar-refractivity contribution in [2.45, 2.75) is 20.1 Å². The van der Waals surface area contributed by atoms with Crippen molar-refractivity contribution in [2.24, 2.45) is 0 Å². The van der Waals surface area contributed by atoms with Crippen LogP contribution >= 0.6 is 27.5 Å². The van der Waals surface area contributed by atoms with Gasteiger partial charge < -0.3 is 19.5 Å². The summed E-state index contributed by atoms with van der Waals surface area (Å²) in [7, 11) is 0. The summed E-state index contributed by atoms with van der Waals surface area (Å²) in [6, 6.07) is 29.6. The number of nitrogens with one attached hydrogen (secondary N) is 1. The van der Waals surface area contributed by atoms with Gasteiger partial charge in [-0.1, -0.05) is 63.9 Å². The van der Waals surface area contributed by atoms with Crippen molar-refractivity contribution < 1.29 is 19.0 Å². The molecule has 4 aromatic rings. The first-order valence-electron chi connectivity index (χ1n) is 12.5. The van der Waals surface area contributed by atoms with Crippen molar-refractivity contribution in [3.63, 3.8) is 0 Å². The molecule has 6 nitrogen and oxygen atoms in total. The van der Waals surface area contributed by atoms with Crippen LogP contribution in [-0.2, 0) is 18.0 Å². The van der Waals surface area contributed by atoms with Crippen LogP contribution in [0.25, 0.3) is 6.08 Å². The minimum Gasteiger partial charge on any atom is -0.490 e. The van der Waals surface area contributed by atoms with E-state index in [4.69, 9.17) is 25.8 Å². The quantitative estimate of drug-likeness (QED) is 0.136. The Balaban J connectivity index is 1.49. The van der Waals surface area contributed by atoms with Gasteiger partial charge in [-0.15, -0.1) is 0 Å². The van der Waals surface area contributed by atoms with Crippen molar-refractivity contribution in [2.75, 3.05) is 11.9 Å². The van der Waals surface area contributed by atoms with Gasteiger partial charge in [0.15, 0.2) is 11.5 Å². The molecule has 0 unspecified atom stereocenters. The summed E-state index contributed by atoms with van der Waals surface area (Å²) in [6.07, 6.45) is 1.50. The van der Waals surface area contributed by atoms with E-state index < -0.39 is 5.91 Å². The molecule has 0 heterocycles. The predicted molar refractivity (Wildman–Crippen MR) is 161 cm³/mol. The third-order valence-corrected chi connectivity index (χ3v) is 6.42. The number of carbonyl (C=O) groups excluding carboxylic acids is 1. The summed E-state index contributed by atoms with van der Waals surface area (Å²) in [6.45, 7) is 3.07. The largest absolute Gasteiger partial charge is 0.490 e. The first kappa shape index (κ1) is 28.8. The van der Waals surface area contributed by atoms with Crippen LogP contribution in [0.15, 0.2) is 101 Å². The number of ether oxygens (including phenoxy) is 3. The van der Waals surface area contributed by atoms with E-state index in [2.05, 4.69) is 21.2 Å². The summed E-state index contributed by atoms with van der Waals surface area (Å²) in [5.41, 5.74) is 2.96. The minimum absolute atomic E-state index is 0.0727.